The van der Waals surface area contributed by atoms with Gasteiger partial charge in [-0.25, -0.2) is 0 Å². The molecule has 0 saturated heterocycles. The maximum Gasteiger partial charge on any atom is 0.270 e. The number of halogens is 1. The first kappa shape index (κ1) is 20.6. The summed E-state index contributed by atoms with van der Waals surface area (Å²) in [6, 6.07) is 18.5. The summed E-state index contributed by atoms with van der Waals surface area (Å²) in [5.41, 5.74) is 2.70. The van der Waals surface area contributed by atoms with Gasteiger partial charge in [-0.1, -0.05) is 61.2 Å². The van der Waals surface area contributed by atoms with E-state index in [1.54, 1.807) is 30.5 Å². The van der Waals surface area contributed by atoms with Gasteiger partial charge in [0.15, 0.2) is 0 Å². The molecule has 0 spiro atoms. The lowest BCUT2D eigenvalue weighted by atomic mass is 9.95. The van der Waals surface area contributed by atoms with Crippen molar-refractivity contribution >= 4 is 28.4 Å². The summed E-state index contributed by atoms with van der Waals surface area (Å²) in [4.78, 5) is 30.7. The van der Waals surface area contributed by atoms with E-state index in [9.17, 15) is 9.59 Å². The number of nitrogens with one attached hydrogen (secondary N) is 2. The summed E-state index contributed by atoms with van der Waals surface area (Å²) >= 11 is 6.10. The lowest BCUT2D eigenvalue weighted by Crippen LogP contribution is -2.39. The Morgan fingerprint density at radius 1 is 0.969 bits per heavy atom. The number of pyridine rings is 1. The number of amides is 1. The van der Waals surface area contributed by atoms with Gasteiger partial charge in [-0.15, -0.1) is 0 Å². The second kappa shape index (κ2) is 8.67. The highest BCUT2D eigenvalue weighted by Crippen LogP contribution is 2.29. The van der Waals surface area contributed by atoms with E-state index >= 15 is 0 Å². The molecular weight excluding hydrogens is 422 g/mol. The van der Waals surface area contributed by atoms with Crippen LogP contribution < -0.4 is 10.9 Å². The van der Waals surface area contributed by atoms with Crippen molar-refractivity contribution < 1.29 is 4.79 Å². The highest BCUT2D eigenvalue weighted by atomic mass is 35.5. The van der Waals surface area contributed by atoms with Gasteiger partial charge in [0.05, 0.1) is 11.1 Å². The Labute approximate surface area is 191 Å². The van der Waals surface area contributed by atoms with E-state index in [-0.39, 0.29) is 17.5 Å². The average Bonchev–Trinajstić information content (AvgIpc) is 3.29. The SMILES string of the molecule is O=C(NC1CCCCC1)c1c2[nH]ccc2c(-c2ccccc2)c(=O)n1-c1ccc(Cl)cc1. The van der Waals surface area contributed by atoms with Gasteiger partial charge >= 0.3 is 0 Å². The third-order valence-electron chi connectivity index (χ3n) is 6.20. The van der Waals surface area contributed by atoms with Crippen LogP contribution in [0.3, 0.4) is 0 Å². The topological polar surface area (TPSA) is 66.9 Å². The van der Waals surface area contributed by atoms with E-state index in [1.807, 2.05) is 36.4 Å². The normalized spacial score (nSPS) is 14.5. The number of nitrogens with zero attached hydrogens (tertiary/aromatic N) is 1. The lowest BCUT2D eigenvalue weighted by molar-refractivity contribution is 0.0921. The van der Waals surface area contributed by atoms with Gasteiger partial charge in [0.2, 0.25) is 0 Å². The quantitative estimate of drug-likeness (QED) is 0.423. The minimum atomic E-state index is -0.240. The molecule has 1 amide bonds. The molecule has 2 N–H and O–H groups in total. The molecule has 1 aliphatic carbocycles. The summed E-state index contributed by atoms with van der Waals surface area (Å²) in [5, 5.41) is 4.49. The molecule has 2 aromatic carbocycles. The van der Waals surface area contributed by atoms with Gasteiger partial charge in [-0.2, -0.15) is 0 Å². The van der Waals surface area contributed by atoms with Crippen molar-refractivity contribution in [3.05, 3.63) is 87.9 Å². The Hall–Kier alpha value is -3.31. The third-order valence-corrected chi connectivity index (χ3v) is 6.45. The zero-order valence-corrected chi connectivity index (χ0v) is 18.4. The number of H-pyrrole nitrogens is 1. The van der Waals surface area contributed by atoms with Crippen LogP contribution in [0.5, 0.6) is 0 Å². The van der Waals surface area contributed by atoms with Crippen LogP contribution in [0.4, 0.5) is 0 Å². The fourth-order valence-electron chi connectivity index (χ4n) is 4.65. The van der Waals surface area contributed by atoms with Crippen LogP contribution >= 0.6 is 11.6 Å². The maximum atomic E-state index is 13.9. The summed E-state index contributed by atoms with van der Waals surface area (Å²) in [7, 11) is 0. The molecule has 6 heteroatoms. The van der Waals surface area contributed by atoms with Crippen molar-refractivity contribution in [1.82, 2.24) is 14.9 Å². The highest BCUT2D eigenvalue weighted by molar-refractivity contribution is 6.30. The molecular formula is C26H24ClN3O2. The first-order valence-corrected chi connectivity index (χ1v) is 11.4. The molecule has 2 heterocycles. The molecule has 0 radical (unpaired) electrons. The smallest absolute Gasteiger partial charge is 0.270 e. The van der Waals surface area contributed by atoms with E-state index in [4.69, 9.17) is 11.6 Å². The Morgan fingerprint density at radius 3 is 2.41 bits per heavy atom. The number of carbonyl (C=O) groups excluding carboxylic acids is 1. The predicted octanol–water partition coefficient (Wildman–Crippen LogP) is 5.70. The van der Waals surface area contributed by atoms with E-state index in [0.717, 1.165) is 36.6 Å². The van der Waals surface area contributed by atoms with Gasteiger partial charge in [-0.3, -0.25) is 14.2 Å². The molecule has 1 saturated carbocycles. The number of rotatable bonds is 4. The average molecular weight is 446 g/mol. The predicted molar refractivity (Wildman–Crippen MR) is 129 cm³/mol. The zero-order chi connectivity index (χ0) is 22.1. The minimum absolute atomic E-state index is 0.129. The van der Waals surface area contributed by atoms with Crippen molar-refractivity contribution in [3.63, 3.8) is 0 Å². The largest absolute Gasteiger partial charge is 0.359 e. The molecule has 5 nitrogen and oxygen atoms in total. The standard InChI is InChI=1S/C26H24ClN3O2/c27-18-11-13-20(14-12-18)30-24(25(31)29-19-9-5-2-6-10-19)23-21(15-16-28-23)22(26(30)32)17-7-3-1-4-8-17/h1,3-4,7-8,11-16,19,28H,2,5-6,9-10H2,(H,29,31). The molecule has 1 aliphatic rings. The first-order valence-electron chi connectivity index (χ1n) is 11.0. The number of carbonyl (C=O) groups is 1. The Balaban J connectivity index is 1.76. The second-order valence-corrected chi connectivity index (χ2v) is 8.72. The van der Waals surface area contributed by atoms with Crippen LogP contribution in [0.15, 0.2) is 71.7 Å². The molecule has 0 aliphatic heterocycles. The van der Waals surface area contributed by atoms with Crippen LogP contribution in [-0.4, -0.2) is 21.5 Å². The van der Waals surface area contributed by atoms with E-state index in [0.29, 0.717) is 27.5 Å². The number of aromatic nitrogens is 2. The zero-order valence-electron chi connectivity index (χ0n) is 17.6. The number of fused-ring (bicyclic) bond motifs is 1. The number of aromatic amines is 1. The van der Waals surface area contributed by atoms with Gasteiger partial charge in [0.1, 0.15) is 5.69 Å². The number of hydrogen-bond acceptors (Lipinski definition) is 2. The molecule has 162 valence electrons. The van der Waals surface area contributed by atoms with Crippen molar-refractivity contribution in [1.29, 1.82) is 0 Å². The Morgan fingerprint density at radius 2 is 1.69 bits per heavy atom. The molecule has 0 bridgehead atoms. The van der Waals surface area contributed by atoms with Crippen LogP contribution in [0.2, 0.25) is 5.02 Å². The number of hydrogen-bond donors (Lipinski definition) is 2. The first-order chi connectivity index (χ1) is 15.6. The molecule has 2 aromatic heterocycles. The fourth-order valence-corrected chi connectivity index (χ4v) is 4.78. The Bertz CT molecular complexity index is 1320. The van der Waals surface area contributed by atoms with Crippen molar-refractivity contribution in [2.24, 2.45) is 0 Å². The van der Waals surface area contributed by atoms with Gasteiger partial charge < -0.3 is 10.3 Å². The summed E-state index contributed by atoms with van der Waals surface area (Å²) in [6.07, 6.45) is 7.13. The summed E-state index contributed by atoms with van der Waals surface area (Å²) < 4.78 is 1.51. The van der Waals surface area contributed by atoms with Gasteiger partial charge in [0, 0.05) is 28.3 Å². The number of benzene rings is 2. The molecule has 1 fully saturated rings. The minimum Gasteiger partial charge on any atom is -0.359 e. The highest BCUT2D eigenvalue weighted by Gasteiger charge is 2.26. The van der Waals surface area contributed by atoms with E-state index in [1.165, 1.54) is 11.0 Å². The van der Waals surface area contributed by atoms with E-state index in [2.05, 4.69) is 10.3 Å². The maximum absolute atomic E-state index is 13.9. The van der Waals surface area contributed by atoms with Gasteiger partial charge in [0.25, 0.3) is 11.5 Å². The fraction of sp³-hybridized carbons (Fsp3) is 0.231. The van der Waals surface area contributed by atoms with Crippen molar-refractivity contribution in [3.8, 4) is 16.8 Å². The summed E-state index contributed by atoms with van der Waals surface area (Å²) in [5.74, 6) is -0.240. The van der Waals surface area contributed by atoms with Crippen LogP contribution in [-0.2, 0) is 0 Å². The van der Waals surface area contributed by atoms with Crippen LogP contribution in [0.1, 0.15) is 42.6 Å². The van der Waals surface area contributed by atoms with Crippen molar-refractivity contribution in [2.45, 2.75) is 38.1 Å². The van der Waals surface area contributed by atoms with Gasteiger partial charge in [-0.05, 0) is 48.7 Å². The molecule has 0 unspecified atom stereocenters. The van der Waals surface area contributed by atoms with E-state index < -0.39 is 0 Å². The Kier molecular flexibility index (Phi) is 5.58. The second-order valence-electron chi connectivity index (χ2n) is 8.28. The van der Waals surface area contributed by atoms with Crippen LogP contribution in [0, 0.1) is 0 Å². The molecule has 5 rings (SSSR count). The van der Waals surface area contributed by atoms with Crippen molar-refractivity contribution in [2.75, 3.05) is 0 Å². The monoisotopic (exact) mass is 445 g/mol. The lowest BCUT2D eigenvalue weighted by Gasteiger charge is -2.24. The van der Waals surface area contributed by atoms with Crippen LogP contribution in [0.25, 0.3) is 27.7 Å². The summed E-state index contributed by atoms with van der Waals surface area (Å²) in [6.45, 7) is 0. The molecule has 4 aromatic rings. The third kappa shape index (κ3) is 3.73. The molecule has 0 atom stereocenters. The molecule has 32 heavy (non-hydrogen) atoms.